The number of rotatable bonds is 5. The summed E-state index contributed by atoms with van der Waals surface area (Å²) < 4.78 is 6.54. The molecule has 0 spiro atoms. The van der Waals surface area contributed by atoms with Gasteiger partial charge in [-0.1, -0.05) is 6.92 Å². The average Bonchev–Trinajstić information content (AvgIpc) is 2.39. The Hall–Kier alpha value is -0.680. The van der Waals surface area contributed by atoms with Gasteiger partial charge in [0.15, 0.2) is 0 Å². The van der Waals surface area contributed by atoms with Crippen LogP contribution in [0.1, 0.15) is 38.4 Å². The van der Waals surface area contributed by atoms with Crippen LogP contribution in [0, 0.1) is 0 Å². The van der Waals surface area contributed by atoms with Crippen LogP contribution in [0.15, 0.2) is 10.7 Å². The van der Waals surface area contributed by atoms with Gasteiger partial charge in [0.1, 0.15) is 16.2 Å². The number of aryl methyl sites for hydroxylation is 1. The molecule has 4 nitrogen and oxygen atoms in total. The van der Waals surface area contributed by atoms with E-state index in [4.69, 9.17) is 4.74 Å². The third-order valence-corrected chi connectivity index (χ3v) is 3.51. The highest BCUT2D eigenvalue weighted by molar-refractivity contribution is 9.10. The summed E-state index contributed by atoms with van der Waals surface area (Å²) in [5.41, 5.74) is 0. The molecule has 1 aliphatic rings. The van der Waals surface area contributed by atoms with E-state index in [2.05, 4.69) is 38.1 Å². The molecular weight excluding hydrogens is 294 g/mol. The highest BCUT2D eigenvalue weighted by atomic mass is 79.9. The molecule has 2 heterocycles. The lowest BCUT2D eigenvalue weighted by molar-refractivity contribution is 0.0134. The summed E-state index contributed by atoms with van der Waals surface area (Å²) in [6.45, 7) is 3.88. The molecule has 2 rings (SSSR count). The fraction of sp³-hybridized carbons (Fsp3) is 0.692. The molecule has 0 aliphatic carbocycles. The normalized spacial score (nSPS) is 19.8. The lowest BCUT2D eigenvalue weighted by Gasteiger charge is -2.22. The van der Waals surface area contributed by atoms with Crippen LogP contribution in [-0.2, 0) is 11.2 Å². The zero-order valence-electron chi connectivity index (χ0n) is 10.8. The second-order valence-electron chi connectivity index (χ2n) is 4.55. The molecule has 1 aromatic rings. The molecule has 0 amide bonds. The number of halogens is 1. The molecule has 1 aliphatic heterocycles. The third kappa shape index (κ3) is 4.21. The first-order valence-corrected chi connectivity index (χ1v) is 7.46. The van der Waals surface area contributed by atoms with Gasteiger partial charge in [-0.15, -0.1) is 0 Å². The Bertz CT molecular complexity index is 380. The molecule has 0 radical (unpaired) electrons. The van der Waals surface area contributed by atoms with Crippen LogP contribution in [0.2, 0.25) is 0 Å². The Kier molecular flexibility index (Phi) is 5.38. The smallest absolute Gasteiger partial charge is 0.131 e. The van der Waals surface area contributed by atoms with Crippen LogP contribution in [0.3, 0.4) is 0 Å². The van der Waals surface area contributed by atoms with E-state index in [0.29, 0.717) is 6.10 Å². The maximum absolute atomic E-state index is 5.70. The van der Waals surface area contributed by atoms with Crippen LogP contribution in [0.5, 0.6) is 0 Å². The molecule has 1 saturated heterocycles. The van der Waals surface area contributed by atoms with E-state index in [0.717, 1.165) is 42.2 Å². The van der Waals surface area contributed by atoms with Crippen LogP contribution in [-0.4, -0.2) is 29.2 Å². The minimum absolute atomic E-state index is 0.419. The molecule has 5 heteroatoms. The van der Waals surface area contributed by atoms with E-state index in [9.17, 15) is 0 Å². The van der Waals surface area contributed by atoms with E-state index in [1.165, 1.54) is 19.3 Å². The van der Waals surface area contributed by atoms with Gasteiger partial charge in [-0.3, -0.25) is 0 Å². The Labute approximate surface area is 117 Å². The predicted octanol–water partition coefficient (Wildman–Crippen LogP) is 3.17. The standard InChI is InChI=1S/C13H20BrN3O/c1-2-12-16-11(14)9-13(17-12)15-7-6-10-5-3-4-8-18-10/h9-10H,2-8H2,1H3,(H,15,16,17). The topological polar surface area (TPSA) is 47.0 Å². The molecule has 1 aromatic heterocycles. The number of ether oxygens (including phenoxy) is 1. The highest BCUT2D eigenvalue weighted by Gasteiger charge is 2.13. The first kappa shape index (κ1) is 13.7. The van der Waals surface area contributed by atoms with E-state index >= 15 is 0 Å². The van der Waals surface area contributed by atoms with Crippen LogP contribution in [0.4, 0.5) is 5.82 Å². The monoisotopic (exact) mass is 313 g/mol. The SMILES string of the molecule is CCc1nc(Br)cc(NCCC2CCCCO2)n1. The van der Waals surface area contributed by atoms with Gasteiger partial charge in [0.25, 0.3) is 0 Å². The Morgan fingerprint density at radius 2 is 2.33 bits per heavy atom. The van der Waals surface area contributed by atoms with Crippen molar-refractivity contribution in [3.63, 3.8) is 0 Å². The number of hydrogen-bond acceptors (Lipinski definition) is 4. The van der Waals surface area contributed by atoms with Crippen molar-refractivity contribution in [2.45, 2.75) is 45.1 Å². The fourth-order valence-corrected chi connectivity index (χ4v) is 2.53. The lowest BCUT2D eigenvalue weighted by Crippen LogP contribution is -2.22. The number of nitrogens with zero attached hydrogens (tertiary/aromatic N) is 2. The van der Waals surface area contributed by atoms with Crippen molar-refractivity contribution in [3.05, 3.63) is 16.5 Å². The summed E-state index contributed by atoms with van der Waals surface area (Å²) in [7, 11) is 0. The maximum Gasteiger partial charge on any atom is 0.131 e. The molecule has 100 valence electrons. The summed E-state index contributed by atoms with van der Waals surface area (Å²) in [4.78, 5) is 8.73. The number of aromatic nitrogens is 2. The number of anilines is 1. The predicted molar refractivity (Wildman–Crippen MR) is 75.8 cm³/mol. The first-order valence-electron chi connectivity index (χ1n) is 6.67. The number of hydrogen-bond donors (Lipinski definition) is 1. The lowest BCUT2D eigenvalue weighted by atomic mass is 10.1. The minimum atomic E-state index is 0.419. The van der Waals surface area contributed by atoms with Gasteiger partial charge in [0.2, 0.25) is 0 Å². The van der Waals surface area contributed by atoms with Gasteiger partial charge in [0, 0.05) is 25.6 Å². The van der Waals surface area contributed by atoms with Crippen LogP contribution < -0.4 is 5.32 Å². The average molecular weight is 314 g/mol. The van der Waals surface area contributed by atoms with E-state index in [1.54, 1.807) is 0 Å². The van der Waals surface area contributed by atoms with Crippen molar-refractivity contribution < 1.29 is 4.74 Å². The zero-order valence-corrected chi connectivity index (χ0v) is 12.4. The first-order chi connectivity index (χ1) is 8.78. The van der Waals surface area contributed by atoms with E-state index in [1.807, 2.05) is 6.07 Å². The Balaban J connectivity index is 1.80. The number of nitrogens with one attached hydrogen (secondary N) is 1. The van der Waals surface area contributed by atoms with Crippen molar-refractivity contribution in [2.24, 2.45) is 0 Å². The quantitative estimate of drug-likeness (QED) is 0.848. The van der Waals surface area contributed by atoms with Crippen molar-refractivity contribution in [1.82, 2.24) is 9.97 Å². The van der Waals surface area contributed by atoms with Crippen molar-refractivity contribution in [2.75, 3.05) is 18.5 Å². The van der Waals surface area contributed by atoms with Crippen molar-refractivity contribution in [1.29, 1.82) is 0 Å². The zero-order chi connectivity index (χ0) is 12.8. The molecular formula is C13H20BrN3O. The Morgan fingerprint density at radius 1 is 1.44 bits per heavy atom. The summed E-state index contributed by atoms with van der Waals surface area (Å²) in [5, 5.41) is 3.35. The second kappa shape index (κ2) is 7.04. The molecule has 18 heavy (non-hydrogen) atoms. The second-order valence-corrected chi connectivity index (χ2v) is 5.36. The largest absolute Gasteiger partial charge is 0.378 e. The van der Waals surface area contributed by atoms with Gasteiger partial charge < -0.3 is 10.1 Å². The summed E-state index contributed by atoms with van der Waals surface area (Å²) in [6, 6.07) is 1.92. The van der Waals surface area contributed by atoms with Gasteiger partial charge in [-0.25, -0.2) is 9.97 Å². The van der Waals surface area contributed by atoms with Gasteiger partial charge in [-0.05, 0) is 41.6 Å². The summed E-state index contributed by atoms with van der Waals surface area (Å²) >= 11 is 3.41. The van der Waals surface area contributed by atoms with Crippen molar-refractivity contribution >= 4 is 21.7 Å². The van der Waals surface area contributed by atoms with Gasteiger partial charge in [0.05, 0.1) is 6.10 Å². The van der Waals surface area contributed by atoms with Crippen LogP contribution in [0.25, 0.3) is 0 Å². The molecule has 0 saturated carbocycles. The van der Waals surface area contributed by atoms with E-state index < -0.39 is 0 Å². The molecule has 1 atom stereocenters. The molecule has 0 bridgehead atoms. The highest BCUT2D eigenvalue weighted by Crippen LogP contribution is 2.16. The fourth-order valence-electron chi connectivity index (χ4n) is 2.11. The summed E-state index contributed by atoms with van der Waals surface area (Å²) in [5.74, 6) is 1.75. The molecule has 1 N–H and O–H groups in total. The van der Waals surface area contributed by atoms with E-state index in [-0.39, 0.29) is 0 Å². The third-order valence-electron chi connectivity index (χ3n) is 3.10. The molecule has 0 aromatic carbocycles. The van der Waals surface area contributed by atoms with Gasteiger partial charge >= 0.3 is 0 Å². The van der Waals surface area contributed by atoms with Crippen molar-refractivity contribution in [3.8, 4) is 0 Å². The summed E-state index contributed by atoms with van der Waals surface area (Å²) in [6.07, 6.45) is 6.01. The van der Waals surface area contributed by atoms with Crippen LogP contribution >= 0.6 is 15.9 Å². The Morgan fingerprint density at radius 3 is 3.06 bits per heavy atom. The molecule has 1 unspecified atom stereocenters. The maximum atomic E-state index is 5.70. The minimum Gasteiger partial charge on any atom is -0.378 e. The molecule has 1 fully saturated rings. The van der Waals surface area contributed by atoms with Gasteiger partial charge in [-0.2, -0.15) is 0 Å².